The zero-order valence-electron chi connectivity index (χ0n) is 22.3. The van der Waals surface area contributed by atoms with Gasteiger partial charge in [-0.15, -0.1) is 0 Å². The summed E-state index contributed by atoms with van der Waals surface area (Å²) in [4.78, 5) is 22.6. The monoisotopic (exact) mass is 484 g/mol. The van der Waals surface area contributed by atoms with Crippen molar-refractivity contribution in [3.8, 4) is 5.69 Å². The molecule has 2 N–H and O–H groups in total. The first-order valence-corrected chi connectivity index (χ1v) is 12.7. The normalized spacial score (nSPS) is 15.3. The third kappa shape index (κ3) is 4.22. The number of nitrogens with one attached hydrogen (secondary N) is 2. The van der Waals surface area contributed by atoms with Crippen molar-refractivity contribution < 1.29 is 0 Å². The second-order valence-electron chi connectivity index (χ2n) is 11.8. The first-order valence-electron chi connectivity index (χ1n) is 12.7. The lowest BCUT2D eigenvalue weighted by molar-refractivity contribution is 0.435. The molecule has 0 aliphatic carbocycles. The Morgan fingerprint density at radius 3 is 2.58 bits per heavy atom. The van der Waals surface area contributed by atoms with Crippen molar-refractivity contribution >= 4 is 22.4 Å². The number of aromatic nitrogens is 4. The van der Waals surface area contributed by atoms with E-state index < -0.39 is 0 Å². The topological polar surface area (TPSA) is 76.8 Å². The van der Waals surface area contributed by atoms with Gasteiger partial charge in [-0.25, -0.2) is 14.3 Å². The molecule has 1 aromatic carbocycles. The van der Waals surface area contributed by atoms with Crippen molar-refractivity contribution in [2.75, 3.05) is 11.9 Å². The summed E-state index contributed by atoms with van der Waals surface area (Å²) in [6.07, 6.45) is 3.50. The van der Waals surface area contributed by atoms with Crippen molar-refractivity contribution in [1.29, 1.82) is 0 Å². The lowest BCUT2D eigenvalue weighted by Crippen LogP contribution is -2.38. The summed E-state index contributed by atoms with van der Waals surface area (Å²) in [5.41, 5.74) is 6.32. The first-order chi connectivity index (χ1) is 17.0. The van der Waals surface area contributed by atoms with Crippen LogP contribution in [-0.4, -0.2) is 25.9 Å². The second kappa shape index (κ2) is 8.59. The van der Waals surface area contributed by atoms with E-state index in [-0.39, 0.29) is 22.4 Å². The molecule has 3 aromatic heterocycles. The average molecular weight is 485 g/mol. The molecule has 4 aromatic rings. The van der Waals surface area contributed by atoms with Gasteiger partial charge in [-0.2, -0.15) is 0 Å². The Kier molecular flexibility index (Phi) is 5.79. The molecule has 0 amide bonds. The fourth-order valence-electron chi connectivity index (χ4n) is 5.10. The summed E-state index contributed by atoms with van der Waals surface area (Å²) >= 11 is 0. The van der Waals surface area contributed by atoms with Crippen LogP contribution < -0.4 is 16.2 Å². The molecule has 0 radical (unpaired) electrons. The van der Waals surface area contributed by atoms with E-state index in [2.05, 4.69) is 79.5 Å². The van der Waals surface area contributed by atoms with E-state index in [0.717, 1.165) is 35.7 Å². The minimum absolute atomic E-state index is 0.0240. The van der Waals surface area contributed by atoms with E-state index in [1.54, 1.807) is 10.9 Å². The van der Waals surface area contributed by atoms with Gasteiger partial charge in [-0.05, 0) is 49.2 Å². The van der Waals surface area contributed by atoms with Gasteiger partial charge < -0.3 is 10.6 Å². The summed E-state index contributed by atoms with van der Waals surface area (Å²) in [6, 6.07) is 12.5. The molecule has 1 aliphatic rings. The molecule has 0 saturated carbocycles. The van der Waals surface area contributed by atoms with Crippen LogP contribution in [0.25, 0.3) is 16.6 Å². The van der Waals surface area contributed by atoms with Gasteiger partial charge in [0.1, 0.15) is 5.82 Å². The van der Waals surface area contributed by atoms with Gasteiger partial charge in [0.05, 0.1) is 16.6 Å². The van der Waals surface area contributed by atoms with Crippen LogP contribution in [0.4, 0.5) is 11.5 Å². The molecule has 0 unspecified atom stereocenters. The maximum Gasteiger partial charge on any atom is 0.276 e. The number of hydrogen-bond acceptors (Lipinski definition) is 5. The predicted octanol–water partition coefficient (Wildman–Crippen LogP) is 5.59. The largest absolute Gasteiger partial charge is 0.340 e. The summed E-state index contributed by atoms with van der Waals surface area (Å²) in [7, 11) is 0. The van der Waals surface area contributed by atoms with Crippen LogP contribution in [0.15, 0.2) is 53.6 Å². The molecule has 1 aliphatic heterocycles. The lowest BCUT2D eigenvalue weighted by atomic mass is 9.79. The van der Waals surface area contributed by atoms with Gasteiger partial charge in [0, 0.05) is 59.8 Å². The Bertz CT molecular complexity index is 1500. The minimum Gasteiger partial charge on any atom is -0.340 e. The molecule has 7 heteroatoms. The fraction of sp³-hybridized carbons (Fsp3) is 0.414. The molecule has 36 heavy (non-hydrogen) atoms. The Labute approximate surface area is 212 Å². The summed E-state index contributed by atoms with van der Waals surface area (Å²) in [5.74, 6) is 0.699. The van der Waals surface area contributed by atoms with E-state index in [0.29, 0.717) is 11.2 Å². The molecule has 0 spiro atoms. The van der Waals surface area contributed by atoms with Crippen LogP contribution in [0.2, 0.25) is 0 Å². The third-order valence-corrected chi connectivity index (χ3v) is 7.00. The van der Waals surface area contributed by atoms with E-state index in [1.165, 1.54) is 11.1 Å². The molecule has 0 saturated heterocycles. The highest BCUT2D eigenvalue weighted by molar-refractivity contribution is 5.83. The molecular formula is C29H36N6O. The number of nitrogens with zero attached hydrogens (tertiary/aromatic N) is 4. The number of pyridine rings is 2. The van der Waals surface area contributed by atoms with Crippen molar-refractivity contribution in [3.63, 3.8) is 0 Å². The maximum atomic E-state index is 13.4. The Hall–Kier alpha value is -3.45. The van der Waals surface area contributed by atoms with Crippen LogP contribution >= 0.6 is 0 Å². The Morgan fingerprint density at radius 2 is 1.86 bits per heavy atom. The smallest absolute Gasteiger partial charge is 0.276 e. The van der Waals surface area contributed by atoms with E-state index >= 15 is 0 Å². The number of rotatable bonds is 4. The van der Waals surface area contributed by atoms with Crippen molar-refractivity contribution in [2.45, 2.75) is 71.9 Å². The van der Waals surface area contributed by atoms with Gasteiger partial charge in [-0.3, -0.25) is 9.78 Å². The van der Waals surface area contributed by atoms with E-state index in [1.807, 2.05) is 36.9 Å². The molecule has 4 heterocycles. The molecule has 5 rings (SSSR count). The van der Waals surface area contributed by atoms with Gasteiger partial charge in [-0.1, -0.05) is 40.7 Å². The summed E-state index contributed by atoms with van der Waals surface area (Å²) < 4.78 is 3.80. The zero-order valence-corrected chi connectivity index (χ0v) is 22.3. The van der Waals surface area contributed by atoms with Crippen molar-refractivity contribution in [3.05, 3.63) is 76.0 Å². The number of benzene rings is 1. The van der Waals surface area contributed by atoms with Crippen LogP contribution in [0, 0.1) is 0 Å². The predicted molar refractivity (Wildman–Crippen MR) is 147 cm³/mol. The fourth-order valence-corrected chi connectivity index (χ4v) is 5.10. The summed E-state index contributed by atoms with van der Waals surface area (Å²) in [5, 5.41) is 7.58. The summed E-state index contributed by atoms with van der Waals surface area (Å²) in [6.45, 7) is 16.8. The van der Waals surface area contributed by atoms with Crippen LogP contribution in [0.3, 0.4) is 0 Å². The van der Waals surface area contributed by atoms with Crippen LogP contribution in [-0.2, 0) is 17.4 Å². The zero-order chi connectivity index (χ0) is 25.8. The van der Waals surface area contributed by atoms with Crippen molar-refractivity contribution in [1.82, 2.24) is 24.6 Å². The SMILES string of the molecule is CC(C)n1c(=O)c2cnc(Nc3ccc4c(c3)CNCC4(C)C)cc2n1-c1ccnc(C(C)(C)C)c1. The van der Waals surface area contributed by atoms with Gasteiger partial charge in [0.25, 0.3) is 5.56 Å². The molecule has 0 fully saturated rings. The first kappa shape index (κ1) is 24.3. The van der Waals surface area contributed by atoms with Crippen LogP contribution in [0.5, 0.6) is 0 Å². The van der Waals surface area contributed by atoms with Crippen LogP contribution in [0.1, 0.15) is 71.3 Å². The highest BCUT2D eigenvalue weighted by atomic mass is 16.1. The Balaban J connectivity index is 1.61. The molecular weight excluding hydrogens is 448 g/mol. The number of fused-ring (bicyclic) bond motifs is 2. The lowest BCUT2D eigenvalue weighted by Gasteiger charge is -2.33. The van der Waals surface area contributed by atoms with E-state index in [4.69, 9.17) is 0 Å². The molecule has 188 valence electrons. The highest BCUT2D eigenvalue weighted by Gasteiger charge is 2.27. The third-order valence-electron chi connectivity index (χ3n) is 7.00. The van der Waals surface area contributed by atoms with Gasteiger partial charge >= 0.3 is 0 Å². The van der Waals surface area contributed by atoms with Gasteiger partial charge in [0.2, 0.25) is 0 Å². The second-order valence-corrected chi connectivity index (χ2v) is 11.8. The van der Waals surface area contributed by atoms with Crippen molar-refractivity contribution in [2.24, 2.45) is 0 Å². The number of anilines is 2. The molecule has 0 bridgehead atoms. The standard InChI is InChI=1S/C29H36N6O/c1-18(2)34-27(36)22-16-32-26(33-20-8-9-23-19(12-20)15-30-17-29(23,6)7)14-24(22)35(34)21-10-11-31-25(13-21)28(3,4)5/h8-14,16,18,30H,15,17H2,1-7H3,(H,32,33). The maximum absolute atomic E-state index is 13.4. The Morgan fingerprint density at radius 1 is 1.08 bits per heavy atom. The van der Waals surface area contributed by atoms with Gasteiger partial charge in [0.15, 0.2) is 0 Å². The number of hydrogen-bond donors (Lipinski definition) is 2. The highest BCUT2D eigenvalue weighted by Crippen LogP contribution is 2.32. The minimum atomic E-state index is -0.105. The molecule has 7 nitrogen and oxygen atoms in total. The average Bonchev–Trinajstić information content (AvgIpc) is 3.10. The molecule has 0 atom stereocenters. The van der Waals surface area contributed by atoms with E-state index in [9.17, 15) is 4.79 Å². The quantitative estimate of drug-likeness (QED) is 0.395.